The molecule has 5 nitrogen and oxygen atoms in total. The summed E-state index contributed by atoms with van der Waals surface area (Å²) in [5.41, 5.74) is 1.72. The number of aryl methyl sites for hydroxylation is 1. The van der Waals surface area contributed by atoms with E-state index in [1.165, 1.54) is 19.3 Å². The summed E-state index contributed by atoms with van der Waals surface area (Å²) in [5, 5.41) is 5.96. The Morgan fingerprint density at radius 2 is 1.48 bits per heavy atom. The van der Waals surface area contributed by atoms with Crippen LogP contribution in [0.25, 0.3) is 0 Å². The normalized spacial score (nSPS) is 32.1. The van der Waals surface area contributed by atoms with E-state index in [1.54, 1.807) is 0 Å². The molecule has 6 heteroatoms. The minimum absolute atomic E-state index is 0.0693. The van der Waals surface area contributed by atoms with E-state index in [0.717, 1.165) is 42.6 Å². The monoisotopic (exact) mass is 388 g/mol. The van der Waals surface area contributed by atoms with E-state index in [0.29, 0.717) is 5.69 Å². The van der Waals surface area contributed by atoms with Crippen molar-refractivity contribution >= 4 is 28.3 Å². The van der Waals surface area contributed by atoms with Gasteiger partial charge in [-0.25, -0.2) is 0 Å². The van der Waals surface area contributed by atoms with Crippen molar-refractivity contribution < 1.29 is 13.8 Å². The van der Waals surface area contributed by atoms with Crippen molar-refractivity contribution in [2.75, 3.05) is 16.8 Å². The Morgan fingerprint density at radius 1 is 0.963 bits per heavy atom. The number of amides is 2. The fraction of sp³-hybridized carbons (Fsp3) is 0.619. The molecule has 0 radical (unpaired) electrons. The zero-order chi connectivity index (χ0) is 19.0. The molecular weight excluding hydrogens is 360 g/mol. The van der Waals surface area contributed by atoms with Crippen LogP contribution in [-0.4, -0.2) is 33.1 Å². The molecule has 0 spiro atoms. The van der Waals surface area contributed by atoms with Gasteiger partial charge in [-0.15, -0.1) is 0 Å². The van der Waals surface area contributed by atoms with Crippen LogP contribution in [0.5, 0.6) is 0 Å². The van der Waals surface area contributed by atoms with E-state index < -0.39 is 10.8 Å². The summed E-state index contributed by atoms with van der Waals surface area (Å²) >= 11 is 0. The quantitative estimate of drug-likeness (QED) is 0.787. The number of carbonyl (C=O) groups is 2. The maximum Gasteiger partial charge on any atom is 0.237 e. The van der Waals surface area contributed by atoms with Gasteiger partial charge in [0.2, 0.25) is 11.8 Å². The van der Waals surface area contributed by atoms with Gasteiger partial charge in [0.05, 0.1) is 0 Å². The molecule has 4 bridgehead atoms. The molecule has 4 fully saturated rings. The van der Waals surface area contributed by atoms with E-state index in [9.17, 15) is 13.8 Å². The predicted molar refractivity (Wildman–Crippen MR) is 107 cm³/mol. The van der Waals surface area contributed by atoms with Gasteiger partial charge in [0.15, 0.2) is 0 Å². The Hall–Kier alpha value is -1.69. The van der Waals surface area contributed by atoms with Crippen LogP contribution in [0.15, 0.2) is 24.3 Å². The van der Waals surface area contributed by atoms with E-state index in [4.69, 9.17) is 0 Å². The number of hydrogen-bond acceptors (Lipinski definition) is 3. The highest BCUT2D eigenvalue weighted by atomic mass is 32.2. The number of anilines is 1. The lowest BCUT2D eigenvalue weighted by Gasteiger charge is -2.56. The van der Waals surface area contributed by atoms with E-state index in [1.807, 2.05) is 31.2 Å². The third kappa shape index (κ3) is 4.42. The number of carbonyl (C=O) groups excluding carboxylic acids is 2. The molecule has 0 heterocycles. The summed E-state index contributed by atoms with van der Waals surface area (Å²) in [6.45, 7) is 1.98. The van der Waals surface area contributed by atoms with Crippen LogP contribution >= 0.6 is 0 Å². The Labute approximate surface area is 163 Å². The van der Waals surface area contributed by atoms with Crippen LogP contribution in [0, 0.1) is 24.7 Å². The summed E-state index contributed by atoms with van der Waals surface area (Å²) in [5.74, 6) is 1.52. The zero-order valence-electron chi connectivity index (χ0n) is 15.8. The molecule has 146 valence electrons. The van der Waals surface area contributed by atoms with Crippen molar-refractivity contribution in [2.45, 2.75) is 51.0 Å². The Balaban J connectivity index is 1.26. The Morgan fingerprint density at radius 3 is 2.04 bits per heavy atom. The van der Waals surface area contributed by atoms with Gasteiger partial charge in [0.25, 0.3) is 0 Å². The van der Waals surface area contributed by atoms with Crippen molar-refractivity contribution in [3.63, 3.8) is 0 Å². The van der Waals surface area contributed by atoms with Crippen molar-refractivity contribution in [2.24, 2.45) is 17.8 Å². The third-order valence-electron chi connectivity index (χ3n) is 6.36. The second-order valence-electron chi connectivity index (χ2n) is 8.89. The summed E-state index contributed by atoms with van der Waals surface area (Å²) in [6.07, 6.45) is 7.18. The van der Waals surface area contributed by atoms with Gasteiger partial charge in [-0.3, -0.25) is 13.8 Å². The first-order valence-electron chi connectivity index (χ1n) is 9.92. The van der Waals surface area contributed by atoms with Crippen molar-refractivity contribution in [3.05, 3.63) is 29.8 Å². The summed E-state index contributed by atoms with van der Waals surface area (Å²) in [7, 11) is -1.50. The van der Waals surface area contributed by atoms with E-state index in [2.05, 4.69) is 10.6 Å². The van der Waals surface area contributed by atoms with Crippen molar-refractivity contribution in [1.82, 2.24) is 5.32 Å². The van der Waals surface area contributed by atoms with Gasteiger partial charge in [-0.05, 0) is 75.3 Å². The molecule has 4 aliphatic rings. The second kappa shape index (κ2) is 7.38. The Bertz CT molecular complexity index is 724. The summed E-state index contributed by atoms with van der Waals surface area (Å²) < 4.78 is 12.3. The third-order valence-corrected chi connectivity index (χ3v) is 7.53. The van der Waals surface area contributed by atoms with Crippen molar-refractivity contribution in [3.8, 4) is 0 Å². The van der Waals surface area contributed by atoms with Gasteiger partial charge in [-0.1, -0.05) is 17.7 Å². The van der Waals surface area contributed by atoms with Gasteiger partial charge >= 0.3 is 0 Å². The van der Waals surface area contributed by atoms with E-state index in [-0.39, 0.29) is 28.9 Å². The molecule has 2 amide bonds. The highest BCUT2D eigenvalue weighted by Crippen LogP contribution is 2.55. The maximum absolute atomic E-state index is 12.5. The molecule has 0 unspecified atom stereocenters. The van der Waals surface area contributed by atoms with Crippen LogP contribution < -0.4 is 10.6 Å². The molecule has 4 aliphatic carbocycles. The van der Waals surface area contributed by atoms with Crippen LogP contribution in [0.2, 0.25) is 0 Å². The summed E-state index contributed by atoms with van der Waals surface area (Å²) in [6, 6.07) is 7.45. The molecular formula is C21H28N2O3S. The van der Waals surface area contributed by atoms with Gasteiger partial charge in [0, 0.05) is 22.0 Å². The lowest BCUT2D eigenvalue weighted by Crippen LogP contribution is -2.60. The largest absolute Gasteiger partial charge is 0.350 e. The number of rotatable bonds is 6. The lowest BCUT2D eigenvalue weighted by molar-refractivity contribution is -0.124. The van der Waals surface area contributed by atoms with Crippen LogP contribution in [0.3, 0.4) is 0 Å². The van der Waals surface area contributed by atoms with Gasteiger partial charge in [-0.2, -0.15) is 0 Å². The Kier molecular flexibility index (Phi) is 5.10. The first kappa shape index (κ1) is 18.7. The van der Waals surface area contributed by atoms with Crippen LogP contribution in [-0.2, 0) is 20.4 Å². The first-order valence-corrected chi connectivity index (χ1v) is 11.4. The number of hydrogen-bond donors (Lipinski definition) is 2. The molecule has 1 aromatic rings. The SMILES string of the molecule is Cc1ccc(NC(=O)C[S@](=O)CC(=O)NC23CC4CC(CC(C4)C2)C3)cc1. The number of nitrogens with one attached hydrogen (secondary N) is 2. The maximum atomic E-state index is 12.5. The molecule has 0 saturated heterocycles. The molecule has 27 heavy (non-hydrogen) atoms. The average Bonchev–Trinajstić information content (AvgIpc) is 2.54. The molecule has 0 aromatic heterocycles. The molecule has 4 saturated carbocycles. The molecule has 1 aromatic carbocycles. The van der Waals surface area contributed by atoms with E-state index >= 15 is 0 Å². The molecule has 1 atom stereocenters. The minimum atomic E-state index is -1.50. The van der Waals surface area contributed by atoms with Gasteiger partial charge in [0.1, 0.15) is 11.5 Å². The van der Waals surface area contributed by atoms with Crippen LogP contribution in [0.1, 0.15) is 44.1 Å². The molecule has 2 N–H and O–H groups in total. The van der Waals surface area contributed by atoms with Crippen LogP contribution in [0.4, 0.5) is 5.69 Å². The second-order valence-corrected chi connectivity index (χ2v) is 10.3. The zero-order valence-corrected chi connectivity index (χ0v) is 16.6. The molecule has 0 aliphatic heterocycles. The molecule has 5 rings (SSSR count). The smallest absolute Gasteiger partial charge is 0.237 e. The highest BCUT2D eigenvalue weighted by Gasteiger charge is 2.51. The topological polar surface area (TPSA) is 75.3 Å². The average molecular weight is 389 g/mol. The fourth-order valence-corrected chi connectivity index (χ4v) is 6.60. The predicted octanol–water partition coefficient (Wildman–Crippen LogP) is 2.77. The van der Waals surface area contributed by atoms with Gasteiger partial charge < -0.3 is 10.6 Å². The lowest BCUT2D eigenvalue weighted by atomic mass is 9.53. The standard InChI is InChI=1S/C21H28N2O3S/c1-14-2-4-18(5-3-14)22-19(24)12-27(26)13-20(25)23-21-9-15-6-16(10-21)8-17(7-15)11-21/h2-5,15-17H,6-13H2,1H3,(H,22,24)(H,23,25)/t15?,16?,17?,21?,27-/m0/s1. The number of benzene rings is 1. The summed E-state index contributed by atoms with van der Waals surface area (Å²) in [4.78, 5) is 24.5. The van der Waals surface area contributed by atoms with Crippen molar-refractivity contribution in [1.29, 1.82) is 0 Å². The minimum Gasteiger partial charge on any atom is -0.350 e. The first-order chi connectivity index (χ1) is 12.9. The fourth-order valence-electron chi connectivity index (χ4n) is 5.77. The highest BCUT2D eigenvalue weighted by molar-refractivity contribution is 7.86.